The third-order valence-corrected chi connectivity index (χ3v) is 10.6. The summed E-state index contributed by atoms with van der Waals surface area (Å²) >= 11 is 0. The van der Waals surface area contributed by atoms with Gasteiger partial charge < -0.3 is 0 Å². The maximum atomic E-state index is 5.12. The van der Waals surface area contributed by atoms with Crippen LogP contribution in [0.1, 0.15) is 18.6 Å². The van der Waals surface area contributed by atoms with Crippen LogP contribution in [0.15, 0.2) is 200 Å². The number of aromatic nitrogens is 3. The van der Waals surface area contributed by atoms with Gasteiger partial charge in [-0.15, -0.1) is 0 Å². The lowest BCUT2D eigenvalue weighted by atomic mass is 9.94. The Bertz CT molecular complexity index is 2810. The number of rotatable bonds is 7. The van der Waals surface area contributed by atoms with Crippen molar-refractivity contribution in [2.45, 2.75) is 13.8 Å². The van der Waals surface area contributed by atoms with Crippen molar-refractivity contribution in [2.24, 2.45) is 0 Å². The molecular formula is C53H39N3. The van der Waals surface area contributed by atoms with Crippen molar-refractivity contribution < 1.29 is 0 Å². The third kappa shape index (κ3) is 6.50. The molecule has 8 aromatic carbocycles. The SMILES string of the molecule is C.c1ccc(-c2ccc(-c3cccc4c3Cc3c(-c5cccc(-c6nc(-c7ccccc7)nc(-c7cccc(-c8ccccc8)c7)n6)c5)cccc3-4)cc2)cc1. The summed E-state index contributed by atoms with van der Waals surface area (Å²) in [5, 5.41) is 0. The molecule has 56 heavy (non-hydrogen) atoms. The Labute approximate surface area is 328 Å². The second-order valence-corrected chi connectivity index (χ2v) is 14.0. The Kier molecular flexibility index (Phi) is 9.18. The molecule has 1 aliphatic carbocycles. The Hall–Kier alpha value is -7.23. The van der Waals surface area contributed by atoms with Gasteiger partial charge >= 0.3 is 0 Å². The first-order valence-corrected chi connectivity index (χ1v) is 18.7. The van der Waals surface area contributed by atoms with Gasteiger partial charge in [0.05, 0.1) is 0 Å². The van der Waals surface area contributed by atoms with E-state index in [4.69, 9.17) is 15.0 Å². The second-order valence-electron chi connectivity index (χ2n) is 14.0. The highest BCUT2D eigenvalue weighted by Crippen LogP contribution is 2.45. The molecule has 0 bridgehead atoms. The summed E-state index contributed by atoms with van der Waals surface area (Å²) < 4.78 is 0. The molecule has 0 saturated heterocycles. The van der Waals surface area contributed by atoms with E-state index in [-0.39, 0.29) is 7.43 Å². The van der Waals surface area contributed by atoms with Gasteiger partial charge in [0.1, 0.15) is 0 Å². The van der Waals surface area contributed by atoms with Crippen LogP contribution in [-0.4, -0.2) is 15.0 Å². The van der Waals surface area contributed by atoms with E-state index in [1.165, 1.54) is 50.1 Å². The van der Waals surface area contributed by atoms with Crippen LogP contribution in [0.25, 0.3) is 89.8 Å². The fraction of sp³-hybridized carbons (Fsp3) is 0.0377. The average molecular weight is 718 g/mol. The molecule has 1 aromatic heterocycles. The largest absolute Gasteiger partial charge is 0.208 e. The summed E-state index contributed by atoms with van der Waals surface area (Å²) in [5.41, 5.74) is 17.8. The van der Waals surface area contributed by atoms with Gasteiger partial charge in [-0.1, -0.05) is 195 Å². The van der Waals surface area contributed by atoms with Crippen molar-refractivity contribution >= 4 is 0 Å². The maximum absolute atomic E-state index is 5.12. The summed E-state index contributed by atoms with van der Waals surface area (Å²) in [6.07, 6.45) is 0.869. The molecule has 0 fully saturated rings. The Morgan fingerprint density at radius 3 is 1.14 bits per heavy atom. The number of fused-ring (bicyclic) bond motifs is 3. The summed E-state index contributed by atoms with van der Waals surface area (Å²) in [6, 6.07) is 70.7. The van der Waals surface area contributed by atoms with Gasteiger partial charge in [-0.05, 0) is 85.3 Å². The molecule has 0 amide bonds. The lowest BCUT2D eigenvalue weighted by molar-refractivity contribution is 1.07. The first-order valence-electron chi connectivity index (χ1n) is 18.7. The maximum Gasteiger partial charge on any atom is 0.164 e. The molecule has 3 nitrogen and oxygen atoms in total. The van der Waals surface area contributed by atoms with Crippen molar-refractivity contribution in [2.75, 3.05) is 0 Å². The molecule has 1 heterocycles. The molecule has 0 N–H and O–H groups in total. The van der Waals surface area contributed by atoms with Crippen molar-refractivity contribution in [3.05, 3.63) is 211 Å². The van der Waals surface area contributed by atoms with E-state index in [0.29, 0.717) is 17.5 Å². The predicted octanol–water partition coefficient (Wildman–Crippen LogP) is 13.7. The predicted molar refractivity (Wildman–Crippen MR) is 233 cm³/mol. The van der Waals surface area contributed by atoms with Crippen LogP contribution in [0.4, 0.5) is 0 Å². The molecule has 0 aliphatic heterocycles. The van der Waals surface area contributed by atoms with Crippen molar-refractivity contribution in [1.29, 1.82) is 0 Å². The number of hydrogen-bond acceptors (Lipinski definition) is 3. The van der Waals surface area contributed by atoms with Crippen molar-refractivity contribution in [1.82, 2.24) is 15.0 Å². The topological polar surface area (TPSA) is 38.7 Å². The standard InChI is InChI=1S/C52H35N3.CH4/c1-4-14-35(15-5-1)37-28-30-38(31-29-37)44-24-12-26-46-47-27-13-25-45(49(47)34-48(44)46)41-21-11-23-43(33-41)52-54-50(39-18-8-3-9-19-39)53-51(55-52)42-22-10-20-40(32-42)36-16-6-2-7-17-36;/h1-33H,34H2;1H4. The Balaban J connectivity index is 0.00000410. The van der Waals surface area contributed by atoms with Gasteiger partial charge in [0, 0.05) is 16.7 Å². The molecule has 10 rings (SSSR count). The summed E-state index contributed by atoms with van der Waals surface area (Å²) in [7, 11) is 0. The molecule has 9 aromatic rings. The number of nitrogens with zero attached hydrogens (tertiary/aromatic N) is 3. The smallest absolute Gasteiger partial charge is 0.164 e. The zero-order chi connectivity index (χ0) is 36.6. The van der Waals surface area contributed by atoms with E-state index in [2.05, 4.69) is 176 Å². The van der Waals surface area contributed by atoms with Crippen LogP contribution >= 0.6 is 0 Å². The highest BCUT2D eigenvalue weighted by Gasteiger charge is 2.25. The van der Waals surface area contributed by atoms with Crippen LogP contribution in [0.5, 0.6) is 0 Å². The van der Waals surface area contributed by atoms with Gasteiger partial charge in [0.2, 0.25) is 0 Å². The monoisotopic (exact) mass is 717 g/mol. The average Bonchev–Trinajstić information content (AvgIpc) is 3.67. The fourth-order valence-corrected chi connectivity index (χ4v) is 7.89. The minimum absolute atomic E-state index is 0. The first-order chi connectivity index (χ1) is 27.2. The highest BCUT2D eigenvalue weighted by molar-refractivity contribution is 5.90. The lowest BCUT2D eigenvalue weighted by Gasteiger charge is -2.12. The van der Waals surface area contributed by atoms with Gasteiger partial charge in [-0.3, -0.25) is 0 Å². The van der Waals surface area contributed by atoms with Crippen molar-refractivity contribution in [3.8, 4) is 89.8 Å². The zero-order valence-corrected chi connectivity index (χ0v) is 30.1. The molecular weight excluding hydrogens is 679 g/mol. The van der Waals surface area contributed by atoms with Crippen LogP contribution in [0.2, 0.25) is 0 Å². The van der Waals surface area contributed by atoms with E-state index in [9.17, 15) is 0 Å². The van der Waals surface area contributed by atoms with Gasteiger partial charge in [-0.2, -0.15) is 0 Å². The Morgan fingerprint density at radius 1 is 0.250 bits per heavy atom. The van der Waals surface area contributed by atoms with E-state index in [0.717, 1.165) is 39.8 Å². The van der Waals surface area contributed by atoms with Crippen LogP contribution in [0, 0.1) is 0 Å². The summed E-state index contributed by atoms with van der Waals surface area (Å²) in [6.45, 7) is 0. The molecule has 0 unspecified atom stereocenters. The molecule has 3 heteroatoms. The van der Waals surface area contributed by atoms with Gasteiger partial charge in [0.15, 0.2) is 17.5 Å². The molecule has 0 atom stereocenters. The molecule has 266 valence electrons. The number of benzene rings is 8. The van der Waals surface area contributed by atoms with Crippen LogP contribution in [0.3, 0.4) is 0 Å². The molecule has 0 saturated carbocycles. The third-order valence-electron chi connectivity index (χ3n) is 10.6. The minimum atomic E-state index is 0. The van der Waals surface area contributed by atoms with Crippen molar-refractivity contribution in [3.63, 3.8) is 0 Å². The van der Waals surface area contributed by atoms with E-state index >= 15 is 0 Å². The quantitative estimate of drug-likeness (QED) is 0.165. The lowest BCUT2D eigenvalue weighted by Crippen LogP contribution is -2.00. The first kappa shape index (κ1) is 34.5. The minimum Gasteiger partial charge on any atom is -0.208 e. The molecule has 0 spiro atoms. The van der Waals surface area contributed by atoms with Crippen LogP contribution < -0.4 is 0 Å². The highest BCUT2D eigenvalue weighted by atomic mass is 15.0. The zero-order valence-electron chi connectivity index (χ0n) is 30.1. The Morgan fingerprint density at radius 2 is 0.589 bits per heavy atom. The number of hydrogen-bond donors (Lipinski definition) is 0. The van der Waals surface area contributed by atoms with E-state index in [1.54, 1.807) is 0 Å². The fourth-order valence-electron chi connectivity index (χ4n) is 7.89. The van der Waals surface area contributed by atoms with Crippen LogP contribution in [-0.2, 0) is 6.42 Å². The molecule has 1 aliphatic rings. The molecule has 0 radical (unpaired) electrons. The van der Waals surface area contributed by atoms with Gasteiger partial charge in [0.25, 0.3) is 0 Å². The van der Waals surface area contributed by atoms with E-state index < -0.39 is 0 Å². The normalized spacial score (nSPS) is 11.4. The van der Waals surface area contributed by atoms with Gasteiger partial charge in [-0.25, -0.2) is 15.0 Å². The summed E-state index contributed by atoms with van der Waals surface area (Å²) in [4.78, 5) is 15.2. The van der Waals surface area contributed by atoms with E-state index in [1.807, 2.05) is 24.3 Å². The summed E-state index contributed by atoms with van der Waals surface area (Å²) in [5.74, 6) is 1.94. The second kappa shape index (κ2) is 14.9.